The normalized spacial score (nSPS) is 12.8. The molecule has 0 atom stereocenters. The summed E-state index contributed by atoms with van der Waals surface area (Å²) in [6.45, 7) is 10.1. The van der Waals surface area contributed by atoms with Crippen molar-refractivity contribution >= 4 is 50.0 Å². The lowest BCUT2D eigenvalue weighted by molar-refractivity contribution is 1.54. The highest BCUT2D eigenvalue weighted by atomic mass is 14.8. The number of hydrogen-bond acceptors (Lipinski definition) is 1. The minimum atomic E-state index is 1.03. The van der Waals surface area contributed by atoms with Crippen LogP contribution in [0.15, 0.2) is 225 Å². The molecule has 1 nitrogen and oxygen atoms in total. The summed E-state index contributed by atoms with van der Waals surface area (Å²) in [6, 6.07) is 54.6. The number of anilines is 1. The van der Waals surface area contributed by atoms with Gasteiger partial charge in [0.25, 0.3) is 0 Å². The molecule has 0 unspecified atom stereocenters. The molecule has 0 bridgehead atoms. The zero-order valence-corrected chi connectivity index (χ0v) is 33.6. The Hall–Kier alpha value is -7.22. The molecule has 7 aromatic carbocycles. The molecule has 282 valence electrons. The van der Waals surface area contributed by atoms with Crippen LogP contribution in [0.5, 0.6) is 0 Å². The van der Waals surface area contributed by atoms with Crippen LogP contribution < -0.4 is 5.32 Å². The van der Waals surface area contributed by atoms with E-state index in [1.54, 1.807) is 0 Å². The van der Waals surface area contributed by atoms with Gasteiger partial charge in [0.2, 0.25) is 0 Å². The van der Waals surface area contributed by atoms with Crippen LogP contribution in [0.3, 0.4) is 0 Å². The highest BCUT2D eigenvalue weighted by molar-refractivity contribution is 6.22. The zero-order chi connectivity index (χ0) is 40.1. The predicted molar refractivity (Wildman–Crippen MR) is 256 cm³/mol. The summed E-state index contributed by atoms with van der Waals surface area (Å²) in [5.41, 5.74) is 14.0. The van der Waals surface area contributed by atoms with Crippen LogP contribution in [0.2, 0.25) is 0 Å². The highest BCUT2D eigenvalue weighted by Crippen LogP contribution is 2.45. The first-order valence-electron chi connectivity index (χ1n) is 20.0. The average Bonchev–Trinajstić information content (AvgIpc) is 3.28. The van der Waals surface area contributed by atoms with Crippen molar-refractivity contribution in [2.75, 3.05) is 5.32 Å². The van der Waals surface area contributed by atoms with Crippen LogP contribution in [0.25, 0.3) is 66.6 Å². The molecule has 1 N–H and O–H groups in total. The van der Waals surface area contributed by atoms with Crippen molar-refractivity contribution < 1.29 is 0 Å². The van der Waals surface area contributed by atoms with Crippen LogP contribution in [-0.2, 0) is 0 Å². The van der Waals surface area contributed by atoms with Gasteiger partial charge in [0.15, 0.2) is 0 Å². The van der Waals surface area contributed by atoms with Crippen molar-refractivity contribution in [2.45, 2.75) is 20.8 Å². The molecular formula is C57H49N. The smallest absolute Gasteiger partial charge is 0.0380 e. The topological polar surface area (TPSA) is 12.0 Å². The first kappa shape index (κ1) is 39.0. The van der Waals surface area contributed by atoms with E-state index in [4.69, 9.17) is 0 Å². The predicted octanol–water partition coefficient (Wildman–Crippen LogP) is 16.2. The van der Waals surface area contributed by atoms with E-state index in [0.29, 0.717) is 0 Å². The van der Waals surface area contributed by atoms with Crippen LogP contribution in [0.4, 0.5) is 5.69 Å². The molecule has 0 spiro atoms. The third-order valence-electron chi connectivity index (χ3n) is 10.3. The van der Waals surface area contributed by atoms with Crippen LogP contribution in [-0.4, -0.2) is 0 Å². The van der Waals surface area contributed by atoms with Gasteiger partial charge in [-0.1, -0.05) is 201 Å². The van der Waals surface area contributed by atoms with Crippen molar-refractivity contribution in [3.63, 3.8) is 0 Å². The first-order chi connectivity index (χ1) is 28.6. The molecule has 7 aromatic rings. The molecule has 0 aliphatic rings. The molecule has 0 aromatic heterocycles. The second kappa shape index (κ2) is 19.1. The maximum Gasteiger partial charge on any atom is 0.0380 e. The highest BCUT2D eigenvalue weighted by Gasteiger charge is 2.18. The van der Waals surface area contributed by atoms with Crippen LogP contribution in [0, 0.1) is 0 Å². The molecule has 0 aliphatic heterocycles. The van der Waals surface area contributed by atoms with Crippen LogP contribution >= 0.6 is 0 Å². The summed E-state index contributed by atoms with van der Waals surface area (Å²) in [5.74, 6) is 0. The Morgan fingerprint density at radius 2 is 1.02 bits per heavy atom. The Morgan fingerprint density at radius 3 is 1.64 bits per heavy atom. The van der Waals surface area contributed by atoms with Crippen molar-refractivity contribution in [2.24, 2.45) is 0 Å². The van der Waals surface area contributed by atoms with E-state index in [1.807, 2.05) is 32.2 Å². The minimum absolute atomic E-state index is 1.03. The second-order valence-electron chi connectivity index (χ2n) is 14.0. The molecule has 0 saturated heterocycles. The molecule has 0 amide bonds. The van der Waals surface area contributed by atoms with Crippen molar-refractivity contribution in [1.29, 1.82) is 0 Å². The number of nitrogens with one attached hydrogen (secondary N) is 1. The van der Waals surface area contributed by atoms with Crippen LogP contribution in [0.1, 0.15) is 43.0 Å². The monoisotopic (exact) mass is 747 g/mol. The summed E-state index contributed by atoms with van der Waals surface area (Å²) in [5, 5.41) is 8.40. The number of hydrogen-bond donors (Lipinski definition) is 1. The van der Waals surface area contributed by atoms with E-state index in [0.717, 1.165) is 33.5 Å². The van der Waals surface area contributed by atoms with E-state index in [9.17, 15) is 0 Å². The maximum atomic E-state index is 3.90. The van der Waals surface area contributed by atoms with Gasteiger partial charge in [-0.2, -0.15) is 0 Å². The van der Waals surface area contributed by atoms with Gasteiger partial charge in [0.1, 0.15) is 0 Å². The van der Waals surface area contributed by atoms with E-state index in [1.165, 1.54) is 54.9 Å². The Labute approximate surface area is 344 Å². The van der Waals surface area contributed by atoms with Gasteiger partial charge in [0, 0.05) is 11.9 Å². The minimum Gasteiger partial charge on any atom is -0.362 e. The Balaban J connectivity index is 1.32. The second-order valence-corrected chi connectivity index (χ2v) is 14.0. The summed E-state index contributed by atoms with van der Waals surface area (Å²) in [4.78, 5) is 0. The van der Waals surface area contributed by atoms with Gasteiger partial charge in [-0.25, -0.2) is 0 Å². The van der Waals surface area contributed by atoms with E-state index >= 15 is 0 Å². The Morgan fingerprint density at radius 1 is 0.483 bits per heavy atom. The fraction of sp³-hybridized carbons (Fsp3) is 0.0526. The van der Waals surface area contributed by atoms with E-state index in [-0.39, 0.29) is 0 Å². The molecule has 7 rings (SSSR count). The quantitative estimate of drug-likeness (QED) is 0.0915. The van der Waals surface area contributed by atoms with Gasteiger partial charge in [-0.05, 0) is 128 Å². The molecule has 58 heavy (non-hydrogen) atoms. The molecule has 0 heterocycles. The lowest BCUT2D eigenvalue weighted by atomic mass is 9.84. The van der Waals surface area contributed by atoms with Gasteiger partial charge in [-0.15, -0.1) is 0 Å². The zero-order valence-electron chi connectivity index (χ0n) is 33.6. The summed E-state index contributed by atoms with van der Waals surface area (Å²) in [7, 11) is 0. The average molecular weight is 748 g/mol. The summed E-state index contributed by atoms with van der Waals surface area (Å²) >= 11 is 0. The SMILES string of the molecule is C=C/C=C(\C=C/C)c1ccc(\C=C/C(=C\C=C\Nc2ccc(C(/C=C\C)=C/C)cc2)c2ccc3c(-c4ccccc4)c(-c4ccccc4)c4ccccc4c3c2)cc1. The fourth-order valence-electron chi connectivity index (χ4n) is 7.55. The number of fused-ring (bicyclic) bond motifs is 3. The van der Waals surface area contributed by atoms with Gasteiger partial charge < -0.3 is 5.32 Å². The fourth-order valence-corrected chi connectivity index (χ4v) is 7.55. The number of benzene rings is 7. The Kier molecular flexibility index (Phi) is 12.8. The standard InChI is InChI=1S/C57H49N/c1-5-18-43(8-4)46-34-37-51(38-35-46)58-40-17-25-45(31-28-42-29-32-47(33-30-42)44(19-6-2)20-7-3)50-36-39-54-55(41-50)52-26-15-16-27-53(52)56(48-21-11-9-12-22-48)57(54)49-23-13-10-14-24-49/h5-41,58H,2H2,1,3-4H3/b18-5-,20-7-,31-28-,40-17+,43-8+,44-19+,45-25+. The van der Waals surface area contributed by atoms with E-state index in [2.05, 4.69) is 225 Å². The number of rotatable bonds is 13. The van der Waals surface area contributed by atoms with Crippen molar-refractivity contribution in [1.82, 2.24) is 0 Å². The summed E-state index contributed by atoms with van der Waals surface area (Å²) < 4.78 is 0. The molecule has 0 radical (unpaired) electrons. The van der Waals surface area contributed by atoms with E-state index < -0.39 is 0 Å². The Bertz CT molecular complexity index is 2730. The van der Waals surface area contributed by atoms with Gasteiger partial charge >= 0.3 is 0 Å². The largest absolute Gasteiger partial charge is 0.362 e. The van der Waals surface area contributed by atoms with Gasteiger partial charge in [-0.3, -0.25) is 0 Å². The first-order valence-corrected chi connectivity index (χ1v) is 20.0. The third-order valence-corrected chi connectivity index (χ3v) is 10.3. The van der Waals surface area contributed by atoms with Crippen molar-refractivity contribution in [3.8, 4) is 22.3 Å². The third kappa shape index (κ3) is 8.91. The van der Waals surface area contributed by atoms with Crippen molar-refractivity contribution in [3.05, 3.63) is 247 Å². The lowest BCUT2D eigenvalue weighted by Crippen LogP contribution is -1.93. The van der Waals surface area contributed by atoms with Gasteiger partial charge in [0.05, 0.1) is 0 Å². The maximum absolute atomic E-state index is 3.90. The lowest BCUT2D eigenvalue weighted by Gasteiger charge is -2.19. The molecule has 0 saturated carbocycles. The molecule has 0 aliphatic carbocycles. The summed E-state index contributed by atoms with van der Waals surface area (Å²) in [6.07, 6.45) is 25.1. The molecule has 1 heteroatoms. The molecular weight excluding hydrogens is 699 g/mol. The number of allylic oxidation sites excluding steroid dienone is 13. The molecule has 0 fully saturated rings.